The van der Waals surface area contributed by atoms with Gasteiger partial charge in [-0.15, -0.1) is 4.31 Å². The summed E-state index contributed by atoms with van der Waals surface area (Å²) in [6.07, 6.45) is -1.19. The SMILES string of the molecule is CN([C@@H](c1ccc(N2CCCc3c2cnc2cc(Cl)nn32)cc1)C(F)(F)F)[S@+]([O-])C(C)(C)C. The van der Waals surface area contributed by atoms with Crippen LogP contribution in [0.1, 0.15) is 44.5 Å². The van der Waals surface area contributed by atoms with Gasteiger partial charge in [0.05, 0.1) is 17.6 Å². The molecule has 1 aliphatic heterocycles. The molecule has 0 N–H and O–H groups in total. The number of alkyl halides is 3. The second-order valence-electron chi connectivity index (χ2n) is 9.03. The largest absolute Gasteiger partial charge is 0.597 e. The Bertz CT molecular complexity index is 1150. The lowest BCUT2D eigenvalue weighted by molar-refractivity contribution is -0.171. The summed E-state index contributed by atoms with van der Waals surface area (Å²) in [5.74, 6) is 0. The van der Waals surface area contributed by atoms with E-state index in [4.69, 9.17) is 11.6 Å². The van der Waals surface area contributed by atoms with Crippen LogP contribution in [0.15, 0.2) is 36.5 Å². The van der Waals surface area contributed by atoms with Gasteiger partial charge in [0.25, 0.3) is 0 Å². The fourth-order valence-corrected chi connectivity index (χ4v) is 5.64. The number of aromatic nitrogens is 3. The van der Waals surface area contributed by atoms with Crippen molar-refractivity contribution in [1.29, 1.82) is 0 Å². The first-order valence-electron chi connectivity index (χ1n) is 10.5. The van der Waals surface area contributed by atoms with E-state index in [1.54, 1.807) is 49.7 Å². The molecule has 178 valence electrons. The first-order valence-corrected chi connectivity index (χ1v) is 12.0. The van der Waals surface area contributed by atoms with Gasteiger partial charge in [-0.3, -0.25) is 0 Å². The molecule has 33 heavy (non-hydrogen) atoms. The van der Waals surface area contributed by atoms with Gasteiger partial charge < -0.3 is 9.45 Å². The fourth-order valence-electron chi connectivity index (χ4n) is 4.17. The molecule has 0 unspecified atom stereocenters. The summed E-state index contributed by atoms with van der Waals surface area (Å²) in [5, 5.41) is 4.66. The summed E-state index contributed by atoms with van der Waals surface area (Å²) in [6.45, 7) is 5.66. The van der Waals surface area contributed by atoms with Crippen molar-refractivity contribution in [1.82, 2.24) is 18.9 Å². The summed E-state index contributed by atoms with van der Waals surface area (Å²) in [5.41, 5.74) is 3.24. The lowest BCUT2D eigenvalue weighted by atomic mass is 10.0. The molecule has 0 fully saturated rings. The van der Waals surface area contributed by atoms with E-state index in [9.17, 15) is 17.7 Å². The van der Waals surface area contributed by atoms with Crippen molar-refractivity contribution in [2.24, 2.45) is 0 Å². The number of rotatable bonds is 4. The van der Waals surface area contributed by atoms with Gasteiger partial charge >= 0.3 is 6.18 Å². The van der Waals surface area contributed by atoms with Crippen molar-refractivity contribution in [3.63, 3.8) is 0 Å². The quantitative estimate of drug-likeness (QED) is 0.446. The standard InChI is InChI=1S/C22H25ClF3N5OS/c1-21(2,3)33(32)29(4)20(22(24,25)26)14-7-9-15(10-8-14)30-11-5-6-16-17(30)13-27-19-12-18(23)28-31(16)19/h7-10,12-13,20H,5-6,11H2,1-4H3/t20-,33+/m0/s1. The first kappa shape index (κ1) is 24.1. The summed E-state index contributed by atoms with van der Waals surface area (Å²) >= 11 is 4.20. The predicted octanol–water partition coefficient (Wildman–Crippen LogP) is 5.46. The van der Waals surface area contributed by atoms with E-state index >= 15 is 0 Å². The lowest BCUT2D eigenvalue weighted by Gasteiger charge is -2.36. The number of hydrogen-bond donors (Lipinski definition) is 0. The number of fused-ring (bicyclic) bond motifs is 3. The summed E-state index contributed by atoms with van der Waals surface area (Å²) in [6, 6.07) is 5.94. The molecule has 1 aliphatic rings. The molecule has 2 atom stereocenters. The van der Waals surface area contributed by atoms with Crippen LogP contribution >= 0.6 is 11.6 Å². The molecule has 0 aliphatic carbocycles. The molecule has 3 aromatic rings. The topological polar surface area (TPSA) is 59.7 Å². The first-order chi connectivity index (χ1) is 15.4. The number of anilines is 2. The predicted molar refractivity (Wildman–Crippen MR) is 124 cm³/mol. The van der Waals surface area contributed by atoms with E-state index < -0.39 is 28.3 Å². The Hall–Kier alpha value is -2.01. The average molecular weight is 500 g/mol. The van der Waals surface area contributed by atoms with Crippen LogP contribution in [-0.2, 0) is 17.8 Å². The van der Waals surface area contributed by atoms with Gasteiger partial charge in [0.1, 0.15) is 4.75 Å². The van der Waals surface area contributed by atoms with Gasteiger partial charge in [0, 0.05) is 36.7 Å². The number of hydrogen-bond acceptors (Lipinski definition) is 5. The highest BCUT2D eigenvalue weighted by molar-refractivity contribution is 7.90. The zero-order chi connectivity index (χ0) is 24.1. The van der Waals surface area contributed by atoms with Crippen molar-refractivity contribution < 1.29 is 17.7 Å². The maximum Gasteiger partial charge on any atom is 0.412 e. The van der Waals surface area contributed by atoms with Gasteiger partial charge in [0.2, 0.25) is 0 Å². The maximum atomic E-state index is 14.0. The highest BCUT2D eigenvalue weighted by atomic mass is 35.5. The van der Waals surface area contributed by atoms with E-state index in [1.165, 1.54) is 19.2 Å². The average Bonchev–Trinajstić information content (AvgIpc) is 3.12. The monoisotopic (exact) mass is 499 g/mol. The van der Waals surface area contributed by atoms with Gasteiger partial charge in [-0.2, -0.15) is 18.3 Å². The minimum absolute atomic E-state index is 0.0380. The van der Waals surface area contributed by atoms with Gasteiger partial charge in [0.15, 0.2) is 16.8 Å². The van der Waals surface area contributed by atoms with Crippen LogP contribution in [0.25, 0.3) is 5.65 Å². The Morgan fingerprint density at radius 3 is 2.45 bits per heavy atom. The lowest BCUT2D eigenvalue weighted by Crippen LogP contribution is -2.46. The smallest absolute Gasteiger partial charge is 0.412 e. The normalized spacial score (nSPS) is 16.8. The highest BCUT2D eigenvalue weighted by Crippen LogP contribution is 2.41. The van der Waals surface area contributed by atoms with Crippen molar-refractivity contribution in [3.8, 4) is 0 Å². The van der Waals surface area contributed by atoms with E-state index in [0.717, 1.165) is 34.2 Å². The van der Waals surface area contributed by atoms with E-state index in [2.05, 4.69) is 10.1 Å². The molecule has 4 rings (SSSR count). The number of aryl methyl sites for hydroxylation is 1. The molecule has 2 aromatic heterocycles. The van der Waals surface area contributed by atoms with E-state index in [-0.39, 0.29) is 5.56 Å². The maximum absolute atomic E-state index is 14.0. The third-order valence-corrected chi connectivity index (χ3v) is 7.56. The number of halogens is 4. The second-order valence-corrected chi connectivity index (χ2v) is 11.7. The van der Waals surface area contributed by atoms with Crippen LogP contribution in [0, 0.1) is 0 Å². The Morgan fingerprint density at radius 1 is 1.18 bits per heavy atom. The van der Waals surface area contributed by atoms with Gasteiger partial charge in [-0.1, -0.05) is 23.7 Å². The van der Waals surface area contributed by atoms with Crippen LogP contribution in [0.5, 0.6) is 0 Å². The van der Waals surface area contributed by atoms with Crippen LogP contribution < -0.4 is 4.90 Å². The summed E-state index contributed by atoms with van der Waals surface area (Å²) < 4.78 is 56.5. The summed E-state index contributed by atoms with van der Waals surface area (Å²) in [4.78, 5) is 6.44. The van der Waals surface area contributed by atoms with Crippen molar-refractivity contribution in [2.75, 3.05) is 18.5 Å². The van der Waals surface area contributed by atoms with E-state index in [0.29, 0.717) is 17.3 Å². The molecule has 0 amide bonds. The van der Waals surface area contributed by atoms with Crippen LogP contribution in [0.3, 0.4) is 0 Å². The highest BCUT2D eigenvalue weighted by Gasteiger charge is 2.50. The van der Waals surface area contributed by atoms with Crippen molar-refractivity contribution in [2.45, 2.75) is 50.6 Å². The molecular formula is C22H25ClF3N5OS. The Balaban J connectivity index is 1.68. The van der Waals surface area contributed by atoms with Crippen LogP contribution in [0.4, 0.5) is 24.5 Å². The molecule has 11 heteroatoms. The minimum atomic E-state index is -4.58. The molecule has 0 bridgehead atoms. The minimum Gasteiger partial charge on any atom is -0.597 e. The Labute approximate surface area is 198 Å². The molecular weight excluding hydrogens is 475 g/mol. The zero-order valence-corrected chi connectivity index (χ0v) is 20.3. The number of nitrogens with zero attached hydrogens (tertiary/aromatic N) is 5. The second kappa shape index (κ2) is 8.65. The Kier molecular flexibility index (Phi) is 6.32. The third kappa shape index (κ3) is 4.66. The molecule has 3 heterocycles. The van der Waals surface area contributed by atoms with Crippen LogP contribution in [0.2, 0.25) is 5.15 Å². The zero-order valence-electron chi connectivity index (χ0n) is 18.7. The molecule has 0 radical (unpaired) electrons. The third-order valence-electron chi connectivity index (χ3n) is 5.60. The molecule has 6 nitrogen and oxygen atoms in total. The molecule has 0 saturated heterocycles. The molecule has 0 spiro atoms. The van der Waals surface area contributed by atoms with Gasteiger partial charge in [-0.05, 0) is 51.3 Å². The fraction of sp³-hybridized carbons (Fsp3) is 0.455. The van der Waals surface area contributed by atoms with Crippen LogP contribution in [-0.4, -0.2) is 48.0 Å². The van der Waals surface area contributed by atoms with Crippen molar-refractivity contribution >= 4 is 40.0 Å². The van der Waals surface area contributed by atoms with Crippen molar-refractivity contribution in [3.05, 3.63) is 52.9 Å². The Morgan fingerprint density at radius 2 is 1.85 bits per heavy atom. The number of benzene rings is 1. The van der Waals surface area contributed by atoms with E-state index in [1.807, 2.05) is 4.90 Å². The molecule has 1 aromatic carbocycles. The van der Waals surface area contributed by atoms with Gasteiger partial charge in [-0.25, -0.2) is 9.50 Å². The molecule has 0 saturated carbocycles. The summed E-state index contributed by atoms with van der Waals surface area (Å²) in [7, 11) is 1.25.